The highest BCUT2D eigenvalue weighted by molar-refractivity contribution is 8.15. The summed E-state index contributed by atoms with van der Waals surface area (Å²) in [5.41, 5.74) is 4.54. The summed E-state index contributed by atoms with van der Waals surface area (Å²) in [4.78, 5) is 12.2. The van der Waals surface area contributed by atoms with Gasteiger partial charge in [-0.2, -0.15) is 5.10 Å². The molecule has 1 saturated heterocycles. The van der Waals surface area contributed by atoms with Gasteiger partial charge in [-0.1, -0.05) is 71.4 Å². The van der Waals surface area contributed by atoms with Crippen LogP contribution < -0.4 is 5.32 Å². The topological polar surface area (TPSA) is 67.0 Å². The Hall–Kier alpha value is -3.12. The van der Waals surface area contributed by atoms with E-state index in [4.69, 9.17) is 4.42 Å². The highest BCUT2D eigenvalue weighted by atomic mass is 32.2. The number of hydrogen-bond acceptors (Lipinski definition) is 5. The van der Waals surface area contributed by atoms with E-state index in [1.165, 1.54) is 22.9 Å². The Balaban J connectivity index is 1.38. The lowest BCUT2D eigenvalue weighted by Crippen LogP contribution is -2.25. The van der Waals surface area contributed by atoms with Crippen molar-refractivity contribution < 1.29 is 9.21 Å². The van der Waals surface area contributed by atoms with Gasteiger partial charge in [-0.05, 0) is 38.0 Å². The molecule has 1 aliphatic rings. The normalized spacial score (nSPS) is 17.9. The molecule has 1 atom stereocenters. The SMILES string of the molecule is Cc1ccc(-c2ccc(C=NN=C3NC(=O)[C@@H](Cc4cccc(C)c4)S3)o2)cc1. The molecule has 29 heavy (non-hydrogen) atoms. The van der Waals surface area contributed by atoms with Crippen LogP contribution in [0, 0.1) is 13.8 Å². The number of furan rings is 1. The van der Waals surface area contributed by atoms with Gasteiger partial charge in [-0.15, -0.1) is 5.10 Å². The maximum atomic E-state index is 12.2. The number of benzene rings is 2. The molecule has 1 amide bonds. The van der Waals surface area contributed by atoms with Crippen molar-refractivity contribution in [3.8, 4) is 11.3 Å². The fraction of sp³-hybridized carbons (Fsp3) is 0.174. The number of thioether (sulfide) groups is 1. The van der Waals surface area contributed by atoms with Crippen molar-refractivity contribution in [3.05, 3.63) is 83.1 Å². The minimum atomic E-state index is -0.192. The van der Waals surface area contributed by atoms with Gasteiger partial charge in [0.25, 0.3) is 0 Å². The number of nitrogens with one attached hydrogen (secondary N) is 1. The molecule has 0 saturated carbocycles. The summed E-state index contributed by atoms with van der Waals surface area (Å²) in [5, 5.41) is 11.3. The Morgan fingerprint density at radius 3 is 2.69 bits per heavy atom. The van der Waals surface area contributed by atoms with E-state index >= 15 is 0 Å². The van der Waals surface area contributed by atoms with Crippen molar-refractivity contribution in [2.75, 3.05) is 0 Å². The summed E-state index contributed by atoms with van der Waals surface area (Å²) in [7, 11) is 0. The second-order valence-corrected chi connectivity index (χ2v) is 8.20. The molecule has 5 nitrogen and oxygen atoms in total. The maximum absolute atomic E-state index is 12.2. The largest absolute Gasteiger partial charge is 0.455 e. The Morgan fingerprint density at radius 2 is 1.90 bits per heavy atom. The second-order valence-electron chi connectivity index (χ2n) is 7.01. The molecule has 1 aliphatic heterocycles. The van der Waals surface area contributed by atoms with Crippen molar-refractivity contribution >= 4 is 29.1 Å². The zero-order valence-corrected chi connectivity index (χ0v) is 17.1. The van der Waals surface area contributed by atoms with Crippen molar-refractivity contribution in [3.63, 3.8) is 0 Å². The van der Waals surface area contributed by atoms with Gasteiger partial charge in [0.15, 0.2) is 5.17 Å². The Morgan fingerprint density at radius 1 is 1.07 bits per heavy atom. The third kappa shape index (κ3) is 4.84. The molecule has 1 fully saturated rings. The molecule has 1 aromatic heterocycles. The van der Waals surface area contributed by atoms with Crippen LogP contribution in [0.4, 0.5) is 0 Å². The first-order valence-corrected chi connectivity index (χ1v) is 10.3. The van der Waals surface area contributed by atoms with E-state index in [-0.39, 0.29) is 11.2 Å². The van der Waals surface area contributed by atoms with Gasteiger partial charge in [-0.25, -0.2) is 0 Å². The van der Waals surface area contributed by atoms with Crippen LogP contribution in [-0.4, -0.2) is 22.5 Å². The summed E-state index contributed by atoms with van der Waals surface area (Å²) in [6.45, 7) is 4.10. The number of carbonyl (C=O) groups is 1. The highest BCUT2D eigenvalue weighted by Gasteiger charge is 2.30. The molecule has 0 bridgehead atoms. The predicted molar refractivity (Wildman–Crippen MR) is 118 cm³/mol. The number of carbonyl (C=O) groups excluding carboxylic acids is 1. The molecular formula is C23H21N3O2S. The number of amidine groups is 1. The van der Waals surface area contributed by atoms with Gasteiger partial charge < -0.3 is 9.73 Å². The zero-order chi connectivity index (χ0) is 20.2. The monoisotopic (exact) mass is 403 g/mol. The molecule has 3 aromatic rings. The third-order valence-corrected chi connectivity index (χ3v) is 5.65. The third-order valence-electron chi connectivity index (χ3n) is 4.58. The number of amides is 1. The summed E-state index contributed by atoms with van der Waals surface area (Å²) in [5.74, 6) is 1.35. The standard InChI is InChI=1S/C23H21N3O2S/c1-15-6-8-18(9-7-15)20-11-10-19(28-20)14-24-26-23-25-22(27)21(29-23)13-17-5-3-4-16(2)12-17/h3-12,14,21H,13H2,1-2H3,(H,25,26,27)/t21-/m1/s1. The van der Waals surface area contributed by atoms with Crippen LogP contribution >= 0.6 is 11.8 Å². The lowest BCUT2D eigenvalue weighted by molar-refractivity contribution is -0.118. The van der Waals surface area contributed by atoms with E-state index in [1.807, 2.05) is 61.5 Å². The van der Waals surface area contributed by atoms with E-state index < -0.39 is 0 Å². The van der Waals surface area contributed by atoms with Gasteiger partial charge in [-0.3, -0.25) is 4.79 Å². The molecule has 0 unspecified atom stereocenters. The van der Waals surface area contributed by atoms with E-state index in [0.29, 0.717) is 17.3 Å². The first kappa shape index (κ1) is 19.2. The molecule has 0 spiro atoms. The molecule has 6 heteroatoms. The van der Waals surface area contributed by atoms with Crippen molar-refractivity contribution in [2.24, 2.45) is 10.2 Å². The highest BCUT2D eigenvalue weighted by Crippen LogP contribution is 2.24. The van der Waals surface area contributed by atoms with Gasteiger partial charge in [0, 0.05) is 5.56 Å². The quantitative estimate of drug-likeness (QED) is 0.495. The van der Waals surface area contributed by atoms with Crippen LogP contribution in [0.2, 0.25) is 0 Å². The summed E-state index contributed by atoms with van der Waals surface area (Å²) in [6.07, 6.45) is 2.21. The van der Waals surface area contributed by atoms with E-state index in [2.05, 4.69) is 28.5 Å². The molecule has 1 N–H and O–H groups in total. The minimum absolute atomic E-state index is 0.0369. The number of hydrogen-bond donors (Lipinski definition) is 1. The smallest absolute Gasteiger partial charge is 0.239 e. The lowest BCUT2D eigenvalue weighted by Gasteiger charge is -2.05. The van der Waals surface area contributed by atoms with Crippen LogP contribution in [0.1, 0.15) is 22.5 Å². The van der Waals surface area contributed by atoms with Crippen molar-refractivity contribution in [2.45, 2.75) is 25.5 Å². The van der Waals surface area contributed by atoms with E-state index in [9.17, 15) is 4.79 Å². The molecule has 2 heterocycles. The average Bonchev–Trinajstić information content (AvgIpc) is 3.30. The zero-order valence-electron chi connectivity index (χ0n) is 16.3. The first-order chi connectivity index (χ1) is 14.1. The molecule has 0 aliphatic carbocycles. The number of aryl methyl sites for hydroxylation is 2. The molecule has 4 rings (SSSR count). The Bertz CT molecular complexity index is 1080. The summed E-state index contributed by atoms with van der Waals surface area (Å²) in [6, 6.07) is 20.1. The predicted octanol–water partition coefficient (Wildman–Crippen LogP) is 4.73. The van der Waals surface area contributed by atoms with Crippen LogP contribution in [-0.2, 0) is 11.2 Å². The van der Waals surface area contributed by atoms with Gasteiger partial charge in [0.2, 0.25) is 5.91 Å². The fourth-order valence-electron chi connectivity index (χ4n) is 3.07. The lowest BCUT2D eigenvalue weighted by atomic mass is 10.1. The summed E-state index contributed by atoms with van der Waals surface area (Å²) < 4.78 is 5.79. The fourth-order valence-corrected chi connectivity index (χ4v) is 4.04. The Labute approximate surface area is 173 Å². The van der Waals surface area contributed by atoms with Crippen molar-refractivity contribution in [1.82, 2.24) is 5.32 Å². The summed E-state index contributed by atoms with van der Waals surface area (Å²) >= 11 is 1.40. The molecule has 2 aromatic carbocycles. The van der Waals surface area contributed by atoms with Gasteiger partial charge in [0.05, 0.1) is 11.5 Å². The minimum Gasteiger partial charge on any atom is -0.455 e. The molecular weight excluding hydrogens is 382 g/mol. The first-order valence-electron chi connectivity index (χ1n) is 9.38. The second kappa shape index (κ2) is 8.49. The van der Waals surface area contributed by atoms with Crippen LogP contribution in [0.25, 0.3) is 11.3 Å². The van der Waals surface area contributed by atoms with E-state index in [1.54, 1.807) is 6.21 Å². The molecule has 146 valence electrons. The van der Waals surface area contributed by atoms with Crippen molar-refractivity contribution in [1.29, 1.82) is 0 Å². The van der Waals surface area contributed by atoms with Crippen LogP contribution in [0.3, 0.4) is 0 Å². The number of nitrogens with zero attached hydrogens (tertiary/aromatic N) is 2. The molecule has 0 radical (unpaired) electrons. The van der Waals surface area contributed by atoms with Crippen LogP contribution in [0.15, 0.2) is 75.3 Å². The Kier molecular flexibility index (Phi) is 5.62. The van der Waals surface area contributed by atoms with Crippen LogP contribution in [0.5, 0.6) is 0 Å². The van der Waals surface area contributed by atoms with E-state index in [0.717, 1.165) is 16.9 Å². The number of rotatable bonds is 5. The van der Waals surface area contributed by atoms with Gasteiger partial charge >= 0.3 is 0 Å². The average molecular weight is 404 g/mol. The maximum Gasteiger partial charge on any atom is 0.239 e. The van der Waals surface area contributed by atoms with Gasteiger partial charge in [0.1, 0.15) is 11.5 Å².